The second kappa shape index (κ2) is 6.42. The average molecular weight is 188 g/mol. The molecule has 5 nitrogen and oxygen atoms in total. The van der Waals surface area contributed by atoms with Crippen molar-refractivity contribution in [3.05, 3.63) is 0 Å². The first-order valence-corrected chi connectivity index (χ1v) is 4.28. The number of primary amides is 1. The van der Waals surface area contributed by atoms with Crippen LogP contribution in [0.3, 0.4) is 0 Å². The lowest BCUT2D eigenvalue weighted by Gasteiger charge is -2.12. The molecule has 0 aliphatic carbocycles. The van der Waals surface area contributed by atoms with Crippen molar-refractivity contribution in [2.75, 3.05) is 13.2 Å². The number of hydrogen-bond acceptors (Lipinski definition) is 3. The van der Waals surface area contributed by atoms with Gasteiger partial charge in [0.15, 0.2) is 0 Å². The Morgan fingerprint density at radius 3 is 2.46 bits per heavy atom. The lowest BCUT2D eigenvalue weighted by Crippen LogP contribution is -2.45. The Balaban J connectivity index is 3.80. The van der Waals surface area contributed by atoms with Crippen LogP contribution in [0.5, 0.6) is 0 Å². The van der Waals surface area contributed by atoms with Gasteiger partial charge in [0.25, 0.3) is 0 Å². The number of ether oxygens (including phenoxy) is 1. The maximum absolute atomic E-state index is 11.0. The van der Waals surface area contributed by atoms with E-state index in [2.05, 4.69) is 5.32 Å². The van der Waals surface area contributed by atoms with E-state index < -0.39 is 11.9 Å². The first-order valence-electron chi connectivity index (χ1n) is 4.28. The van der Waals surface area contributed by atoms with Gasteiger partial charge in [-0.15, -0.1) is 0 Å². The Labute approximate surface area is 77.6 Å². The average Bonchev–Trinajstić information content (AvgIpc) is 2.10. The Kier molecular flexibility index (Phi) is 5.88. The van der Waals surface area contributed by atoms with Crippen LogP contribution >= 0.6 is 0 Å². The molecule has 0 radical (unpaired) electrons. The number of hydrogen-bond donors (Lipinski definition) is 2. The van der Waals surface area contributed by atoms with E-state index in [4.69, 9.17) is 10.5 Å². The summed E-state index contributed by atoms with van der Waals surface area (Å²) in [5.41, 5.74) is 5.03. The van der Waals surface area contributed by atoms with E-state index in [0.717, 1.165) is 0 Å². The van der Waals surface area contributed by atoms with E-state index in [-0.39, 0.29) is 12.5 Å². The maximum Gasteiger partial charge on any atom is 0.246 e. The minimum absolute atomic E-state index is 0.0275. The van der Waals surface area contributed by atoms with E-state index in [0.29, 0.717) is 13.0 Å². The van der Waals surface area contributed by atoms with Crippen LogP contribution in [0.4, 0.5) is 0 Å². The van der Waals surface area contributed by atoms with E-state index in [9.17, 15) is 9.59 Å². The van der Waals surface area contributed by atoms with Gasteiger partial charge in [-0.2, -0.15) is 0 Å². The van der Waals surface area contributed by atoms with Crippen molar-refractivity contribution in [2.45, 2.75) is 26.3 Å². The smallest absolute Gasteiger partial charge is 0.246 e. The zero-order valence-corrected chi connectivity index (χ0v) is 8.00. The molecule has 5 heteroatoms. The minimum Gasteiger partial charge on any atom is -0.372 e. The Hall–Kier alpha value is -1.10. The first kappa shape index (κ1) is 11.9. The van der Waals surface area contributed by atoms with Crippen molar-refractivity contribution < 1.29 is 14.3 Å². The van der Waals surface area contributed by atoms with Crippen LogP contribution in [-0.2, 0) is 14.3 Å². The van der Waals surface area contributed by atoms with E-state index in [1.165, 1.54) is 0 Å². The van der Waals surface area contributed by atoms with Crippen LogP contribution in [0.25, 0.3) is 0 Å². The summed E-state index contributed by atoms with van der Waals surface area (Å²) in [4.78, 5) is 21.7. The van der Waals surface area contributed by atoms with Crippen LogP contribution in [0.2, 0.25) is 0 Å². The van der Waals surface area contributed by atoms with Crippen LogP contribution in [0.15, 0.2) is 0 Å². The molecule has 0 fully saturated rings. The summed E-state index contributed by atoms with van der Waals surface area (Å²) in [6, 6.07) is -0.590. The molecule has 0 bridgehead atoms. The number of rotatable bonds is 6. The Bertz CT molecular complexity index is 182. The zero-order chi connectivity index (χ0) is 10.3. The molecule has 2 amide bonds. The molecular formula is C8H16N2O3. The summed E-state index contributed by atoms with van der Waals surface area (Å²) in [6.45, 7) is 4.01. The molecule has 0 aliphatic rings. The predicted molar refractivity (Wildman–Crippen MR) is 47.9 cm³/mol. The fourth-order valence-electron chi connectivity index (χ4n) is 0.805. The third-order valence-corrected chi connectivity index (χ3v) is 1.52. The second-order valence-corrected chi connectivity index (χ2v) is 2.57. The fourth-order valence-corrected chi connectivity index (χ4v) is 0.805. The lowest BCUT2D eigenvalue weighted by molar-refractivity contribution is -0.130. The van der Waals surface area contributed by atoms with Gasteiger partial charge in [0.1, 0.15) is 12.6 Å². The van der Waals surface area contributed by atoms with Gasteiger partial charge in [-0.3, -0.25) is 9.59 Å². The Morgan fingerprint density at radius 1 is 1.46 bits per heavy atom. The van der Waals surface area contributed by atoms with Crippen molar-refractivity contribution in [3.8, 4) is 0 Å². The molecule has 0 aromatic heterocycles. The van der Waals surface area contributed by atoms with Crippen LogP contribution in [-0.4, -0.2) is 31.1 Å². The van der Waals surface area contributed by atoms with Crippen molar-refractivity contribution >= 4 is 11.8 Å². The molecule has 3 N–H and O–H groups in total. The fraction of sp³-hybridized carbons (Fsp3) is 0.750. The van der Waals surface area contributed by atoms with Gasteiger partial charge in [-0.25, -0.2) is 0 Å². The molecule has 0 saturated carbocycles. The summed E-state index contributed by atoms with van der Waals surface area (Å²) in [5, 5.41) is 2.46. The van der Waals surface area contributed by atoms with Gasteiger partial charge >= 0.3 is 0 Å². The maximum atomic E-state index is 11.0. The van der Waals surface area contributed by atoms with Gasteiger partial charge in [-0.05, 0) is 13.3 Å². The largest absolute Gasteiger partial charge is 0.372 e. The number of amides is 2. The van der Waals surface area contributed by atoms with Crippen molar-refractivity contribution in [3.63, 3.8) is 0 Å². The number of carbonyl (C=O) groups excluding carboxylic acids is 2. The summed E-state index contributed by atoms with van der Waals surface area (Å²) < 4.78 is 4.86. The molecule has 0 unspecified atom stereocenters. The number of nitrogens with two attached hydrogens (primary N) is 1. The van der Waals surface area contributed by atoms with E-state index >= 15 is 0 Å². The standard InChI is InChI=1S/C8H16N2O3/c1-3-6(8(9)12)10-7(11)5-13-4-2/h6H,3-5H2,1-2H3,(H2,9,12)(H,10,11)/t6-/m0/s1. The van der Waals surface area contributed by atoms with Crippen LogP contribution in [0, 0.1) is 0 Å². The zero-order valence-electron chi connectivity index (χ0n) is 8.00. The summed E-state index contributed by atoms with van der Waals surface area (Å²) in [5.74, 6) is -0.833. The van der Waals surface area contributed by atoms with Gasteiger partial charge in [-0.1, -0.05) is 6.92 Å². The summed E-state index contributed by atoms with van der Waals surface area (Å²) >= 11 is 0. The van der Waals surface area contributed by atoms with Crippen molar-refractivity contribution in [2.24, 2.45) is 5.73 Å². The lowest BCUT2D eigenvalue weighted by atomic mass is 10.2. The predicted octanol–water partition coefficient (Wildman–Crippen LogP) is -0.597. The molecule has 0 heterocycles. The van der Waals surface area contributed by atoms with Crippen LogP contribution in [0.1, 0.15) is 20.3 Å². The van der Waals surface area contributed by atoms with Gasteiger partial charge < -0.3 is 15.8 Å². The van der Waals surface area contributed by atoms with Crippen molar-refractivity contribution in [1.82, 2.24) is 5.32 Å². The molecule has 13 heavy (non-hydrogen) atoms. The van der Waals surface area contributed by atoms with E-state index in [1.807, 2.05) is 0 Å². The highest BCUT2D eigenvalue weighted by Crippen LogP contribution is 1.89. The first-order chi connectivity index (χ1) is 6.11. The van der Waals surface area contributed by atoms with Crippen molar-refractivity contribution in [1.29, 1.82) is 0 Å². The molecular weight excluding hydrogens is 172 g/mol. The molecule has 1 atom stereocenters. The monoisotopic (exact) mass is 188 g/mol. The van der Waals surface area contributed by atoms with E-state index in [1.54, 1.807) is 13.8 Å². The molecule has 76 valence electrons. The Morgan fingerprint density at radius 2 is 2.08 bits per heavy atom. The number of carbonyl (C=O) groups is 2. The SMILES string of the molecule is CCOCC(=O)N[C@@H](CC)C(N)=O. The quantitative estimate of drug-likeness (QED) is 0.584. The molecule has 0 aromatic rings. The van der Waals surface area contributed by atoms with Gasteiger partial charge in [0, 0.05) is 6.61 Å². The summed E-state index contributed by atoms with van der Waals surface area (Å²) in [6.07, 6.45) is 0.493. The highest BCUT2D eigenvalue weighted by atomic mass is 16.5. The van der Waals surface area contributed by atoms with Crippen LogP contribution < -0.4 is 11.1 Å². The molecule has 0 aliphatic heterocycles. The topological polar surface area (TPSA) is 81.4 Å². The van der Waals surface area contributed by atoms with Gasteiger partial charge in [0.2, 0.25) is 11.8 Å². The molecule has 0 aromatic carbocycles. The highest BCUT2D eigenvalue weighted by Gasteiger charge is 2.14. The third-order valence-electron chi connectivity index (χ3n) is 1.52. The molecule has 0 spiro atoms. The third kappa shape index (κ3) is 5.19. The highest BCUT2D eigenvalue weighted by molar-refractivity contribution is 5.86. The normalized spacial score (nSPS) is 12.2. The van der Waals surface area contributed by atoms with Gasteiger partial charge in [0.05, 0.1) is 0 Å². The molecule has 0 rings (SSSR count). The summed E-state index contributed by atoms with van der Waals surface area (Å²) in [7, 11) is 0. The second-order valence-electron chi connectivity index (χ2n) is 2.57. The minimum atomic E-state index is -0.590. The number of nitrogens with one attached hydrogen (secondary N) is 1. The molecule has 0 saturated heterocycles.